The molecule has 0 saturated heterocycles. The third kappa shape index (κ3) is 3.12. The van der Waals surface area contributed by atoms with Gasteiger partial charge in [-0.25, -0.2) is 5.84 Å². The molecule has 1 aromatic carbocycles. The number of pyridine rings is 1. The smallest absolute Gasteiger partial charge is 0.285 e. The van der Waals surface area contributed by atoms with Crippen LogP contribution in [0.3, 0.4) is 0 Å². The van der Waals surface area contributed by atoms with Crippen LogP contribution >= 0.6 is 0 Å². The first-order valence-corrected chi connectivity index (χ1v) is 5.96. The van der Waals surface area contributed by atoms with E-state index in [1.807, 2.05) is 5.43 Å². The Balaban J connectivity index is 2.43. The van der Waals surface area contributed by atoms with Gasteiger partial charge >= 0.3 is 0 Å². The minimum Gasteiger partial charge on any atom is -0.304 e. The second kappa shape index (κ2) is 5.97. The number of benzene rings is 1. The zero-order valence-corrected chi connectivity index (χ0v) is 10.9. The molecule has 1 aromatic heterocycles. The number of rotatable bonds is 4. The molecule has 0 atom stereocenters. The molecule has 0 unspecified atom stereocenters. The number of nitrogen functional groups attached to an aromatic ring is 1. The van der Waals surface area contributed by atoms with E-state index in [1.54, 1.807) is 24.3 Å². The van der Waals surface area contributed by atoms with Crippen molar-refractivity contribution in [2.45, 2.75) is 6.54 Å². The van der Waals surface area contributed by atoms with E-state index < -0.39 is 16.4 Å². The molecule has 2 rings (SSSR count). The molecule has 8 nitrogen and oxygen atoms in total. The van der Waals surface area contributed by atoms with Crippen LogP contribution in [-0.4, -0.2) is 15.4 Å². The van der Waals surface area contributed by atoms with Crippen LogP contribution in [0.2, 0.25) is 0 Å². The summed E-state index contributed by atoms with van der Waals surface area (Å²) in [6, 6.07) is 8.81. The van der Waals surface area contributed by atoms with Gasteiger partial charge in [0.25, 0.3) is 17.2 Å². The normalized spacial score (nSPS) is 10.1. The van der Waals surface area contributed by atoms with Crippen molar-refractivity contribution in [1.82, 2.24) is 9.99 Å². The Hall–Kier alpha value is -3.00. The maximum atomic E-state index is 11.8. The summed E-state index contributed by atoms with van der Waals surface area (Å²) in [7, 11) is 0. The summed E-state index contributed by atoms with van der Waals surface area (Å²) >= 11 is 0. The maximum absolute atomic E-state index is 11.8. The molecule has 21 heavy (non-hydrogen) atoms. The number of carbonyl (C=O) groups excluding carboxylic acids is 1. The van der Waals surface area contributed by atoms with E-state index in [0.717, 1.165) is 18.3 Å². The Morgan fingerprint density at radius 3 is 2.67 bits per heavy atom. The molecular weight excluding hydrogens is 276 g/mol. The molecular formula is C13H12N4O4. The highest BCUT2D eigenvalue weighted by atomic mass is 16.6. The number of nitrogens with one attached hydrogen (secondary N) is 1. The summed E-state index contributed by atoms with van der Waals surface area (Å²) in [4.78, 5) is 33.6. The van der Waals surface area contributed by atoms with E-state index >= 15 is 0 Å². The molecule has 8 heteroatoms. The van der Waals surface area contributed by atoms with E-state index in [4.69, 9.17) is 5.84 Å². The van der Waals surface area contributed by atoms with Crippen molar-refractivity contribution >= 4 is 11.6 Å². The Morgan fingerprint density at radius 1 is 1.29 bits per heavy atom. The Bertz CT molecular complexity index is 754. The fourth-order valence-electron chi connectivity index (χ4n) is 1.89. The molecule has 0 aliphatic heterocycles. The maximum Gasteiger partial charge on any atom is 0.285 e. The number of carbonyl (C=O) groups is 1. The Labute approximate surface area is 118 Å². The fourth-order valence-corrected chi connectivity index (χ4v) is 1.89. The van der Waals surface area contributed by atoms with E-state index in [1.165, 1.54) is 4.57 Å². The van der Waals surface area contributed by atoms with Gasteiger partial charge in [-0.2, -0.15) is 0 Å². The highest BCUT2D eigenvalue weighted by molar-refractivity contribution is 5.95. The fraction of sp³-hybridized carbons (Fsp3) is 0.0769. The van der Waals surface area contributed by atoms with Crippen LogP contribution < -0.4 is 16.8 Å². The van der Waals surface area contributed by atoms with Crippen molar-refractivity contribution in [2.24, 2.45) is 5.84 Å². The average Bonchev–Trinajstić information content (AvgIpc) is 2.49. The van der Waals surface area contributed by atoms with Gasteiger partial charge in [-0.1, -0.05) is 18.2 Å². The molecule has 0 fully saturated rings. The number of hydrogen-bond donors (Lipinski definition) is 2. The average molecular weight is 288 g/mol. The first-order valence-electron chi connectivity index (χ1n) is 5.96. The topological polar surface area (TPSA) is 120 Å². The highest BCUT2D eigenvalue weighted by Crippen LogP contribution is 2.12. The van der Waals surface area contributed by atoms with Gasteiger partial charge < -0.3 is 4.57 Å². The monoisotopic (exact) mass is 288 g/mol. The summed E-state index contributed by atoms with van der Waals surface area (Å²) in [6.07, 6.45) is 1.14. The minimum absolute atomic E-state index is 0.0319. The molecule has 108 valence electrons. The van der Waals surface area contributed by atoms with Gasteiger partial charge in [0, 0.05) is 17.7 Å². The molecule has 2 aromatic rings. The largest absolute Gasteiger partial charge is 0.304 e. The van der Waals surface area contributed by atoms with Crippen LogP contribution in [0, 0.1) is 10.1 Å². The summed E-state index contributed by atoms with van der Waals surface area (Å²) in [5.74, 6) is 4.61. The molecule has 1 amide bonds. The number of aromatic nitrogens is 1. The van der Waals surface area contributed by atoms with Crippen molar-refractivity contribution < 1.29 is 9.72 Å². The summed E-state index contributed by atoms with van der Waals surface area (Å²) in [6.45, 7) is 0.0319. The zero-order chi connectivity index (χ0) is 15.4. The van der Waals surface area contributed by atoms with Gasteiger partial charge in [0.1, 0.15) is 0 Å². The van der Waals surface area contributed by atoms with Crippen LogP contribution in [0.25, 0.3) is 0 Å². The quantitative estimate of drug-likeness (QED) is 0.365. The summed E-state index contributed by atoms with van der Waals surface area (Å²) < 4.78 is 1.17. The first-order chi connectivity index (χ1) is 10.0. The zero-order valence-electron chi connectivity index (χ0n) is 10.9. The van der Waals surface area contributed by atoms with Gasteiger partial charge in [0.15, 0.2) is 0 Å². The summed E-state index contributed by atoms with van der Waals surface area (Å²) in [5.41, 5.74) is 2.25. The lowest BCUT2D eigenvalue weighted by Gasteiger charge is -2.09. The molecule has 3 N–H and O–H groups in total. The van der Waals surface area contributed by atoms with Gasteiger partial charge in [-0.15, -0.1) is 0 Å². The predicted molar refractivity (Wildman–Crippen MR) is 74.6 cm³/mol. The van der Waals surface area contributed by atoms with Crippen molar-refractivity contribution in [3.05, 3.63) is 74.2 Å². The second-order valence-electron chi connectivity index (χ2n) is 4.24. The van der Waals surface area contributed by atoms with Crippen molar-refractivity contribution in [3.63, 3.8) is 0 Å². The van der Waals surface area contributed by atoms with Gasteiger partial charge in [0.2, 0.25) is 0 Å². The Morgan fingerprint density at radius 2 is 2.00 bits per heavy atom. The van der Waals surface area contributed by atoms with Crippen LogP contribution in [0.1, 0.15) is 15.9 Å². The molecule has 0 aliphatic rings. The van der Waals surface area contributed by atoms with E-state index in [-0.39, 0.29) is 12.2 Å². The molecule has 0 saturated carbocycles. The lowest BCUT2D eigenvalue weighted by atomic mass is 10.1. The van der Waals surface area contributed by atoms with E-state index in [0.29, 0.717) is 11.1 Å². The standard InChI is InChI=1S/C13H12N4O4/c14-15-13(19)11-4-2-1-3-9(11)7-16-8-10(17(20)21)5-6-12(16)18/h1-6,8H,7,14H2,(H,15,19). The molecule has 0 radical (unpaired) electrons. The Kier molecular flexibility index (Phi) is 4.10. The number of hydrazine groups is 1. The van der Waals surface area contributed by atoms with Crippen LogP contribution in [-0.2, 0) is 6.54 Å². The second-order valence-corrected chi connectivity index (χ2v) is 4.24. The SMILES string of the molecule is NNC(=O)c1ccccc1Cn1cc([N+](=O)[O-])ccc1=O. The van der Waals surface area contributed by atoms with Gasteiger partial charge in [-0.3, -0.25) is 25.1 Å². The number of hydrogen-bond acceptors (Lipinski definition) is 5. The molecule has 1 heterocycles. The number of nitrogens with two attached hydrogens (primary N) is 1. The first kappa shape index (κ1) is 14.4. The van der Waals surface area contributed by atoms with Crippen LogP contribution in [0.4, 0.5) is 5.69 Å². The summed E-state index contributed by atoms with van der Waals surface area (Å²) in [5, 5.41) is 10.7. The van der Waals surface area contributed by atoms with Gasteiger partial charge in [-0.05, 0) is 11.6 Å². The number of nitrogens with zero attached hydrogens (tertiary/aromatic N) is 2. The minimum atomic E-state index is -0.589. The lowest BCUT2D eigenvalue weighted by Crippen LogP contribution is -2.31. The lowest BCUT2D eigenvalue weighted by molar-refractivity contribution is -0.385. The van der Waals surface area contributed by atoms with E-state index in [9.17, 15) is 19.7 Å². The van der Waals surface area contributed by atoms with E-state index in [2.05, 4.69) is 0 Å². The van der Waals surface area contributed by atoms with Crippen molar-refractivity contribution in [1.29, 1.82) is 0 Å². The van der Waals surface area contributed by atoms with Crippen LogP contribution in [0.5, 0.6) is 0 Å². The highest BCUT2D eigenvalue weighted by Gasteiger charge is 2.12. The predicted octanol–water partition coefficient (Wildman–Crippen LogP) is 0.408. The van der Waals surface area contributed by atoms with Crippen LogP contribution in [0.15, 0.2) is 47.4 Å². The molecule has 0 spiro atoms. The third-order valence-electron chi connectivity index (χ3n) is 2.91. The number of nitro groups is 1. The van der Waals surface area contributed by atoms with Gasteiger partial charge in [0.05, 0.1) is 17.7 Å². The number of amides is 1. The van der Waals surface area contributed by atoms with Crippen molar-refractivity contribution in [2.75, 3.05) is 0 Å². The molecule has 0 bridgehead atoms. The third-order valence-corrected chi connectivity index (χ3v) is 2.91. The molecule has 0 aliphatic carbocycles. The van der Waals surface area contributed by atoms with Crippen molar-refractivity contribution in [3.8, 4) is 0 Å².